The summed E-state index contributed by atoms with van der Waals surface area (Å²) < 4.78 is 45.5. The predicted molar refractivity (Wildman–Crippen MR) is 124 cm³/mol. The fourth-order valence-corrected chi connectivity index (χ4v) is 4.59. The number of carboxylic acid groups (broad SMARTS) is 1. The van der Waals surface area contributed by atoms with Gasteiger partial charge in [0, 0.05) is 30.9 Å². The number of carbonyl (C=O) groups is 3. The molecule has 0 aromatic heterocycles. The molecule has 1 atom stereocenters. The van der Waals surface area contributed by atoms with Gasteiger partial charge in [0.1, 0.15) is 5.82 Å². The average molecular weight is 510 g/mol. The highest BCUT2D eigenvalue weighted by atomic mass is 19.4. The van der Waals surface area contributed by atoms with Gasteiger partial charge in [-0.2, -0.15) is 13.2 Å². The Hall–Kier alpha value is -3.47. The van der Waals surface area contributed by atoms with Crippen LogP contribution < -0.4 is 4.90 Å². The number of hydrogen-bond acceptors (Lipinski definition) is 4. The molecular formula is C25H27F4N3O4. The van der Waals surface area contributed by atoms with E-state index in [2.05, 4.69) is 11.0 Å². The maximum Gasteiger partial charge on any atom is 0.490 e. The quantitative estimate of drug-likeness (QED) is 0.626. The number of aryl methyl sites for hydroxylation is 2. The third kappa shape index (κ3) is 6.01. The lowest BCUT2D eigenvalue weighted by Gasteiger charge is -2.46. The van der Waals surface area contributed by atoms with Crippen LogP contribution in [0.4, 0.5) is 23.2 Å². The number of benzene rings is 2. The van der Waals surface area contributed by atoms with E-state index in [0.29, 0.717) is 30.9 Å². The summed E-state index contributed by atoms with van der Waals surface area (Å²) in [5.74, 6) is -3.15. The number of likely N-dealkylation sites (tertiary alicyclic amines) is 1. The van der Waals surface area contributed by atoms with Gasteiger partial charge in [0.25, 0.3) is 5.91 Å². The molecule has 0 aliphatic carbocycles. The molecule has 1 spiro atoms. The van der Waals surface area contributed by atoms with Gasteiger partial charge in [-0.3, -0.25) is 14.5 Å². The van der Waals surface area contributed by atoms with Crippen molar-refractivity contribution in [2.24, 2.45) is 0 Å². The highest BCUT2D eigenvalue weighted by Gasteiger charge is 2.48. The topological polar surface area (TPSA) is 81.2 Å². The summed E-state index contributed by atoms with van der Waals surface area (Å²) in [6, 6.07) is 12.0. The predicted octanol–water partition coefficient (Wildman–Crippen LogP) is 3.64. The molecule has 11 heteroatoms. The molecular weight excluding hydrogens is 482 g/mol. The molecule has 2 amide bonds. The van der Waals surface area contributed by atoms with Gasteiger partial charge in [0.05, 0.1) is 12.1 Å². The number of aliphatic carboxylic acids is 1. The van der Waals surface area contributed by atoms with Gasteiger partial charge in [-0.05, 0) is 57.6 Å². The van der Waals surface area contributed by atoms with Crippen LogP contribution in [0.2, 0.25) is 0 Å². The number of alkyl halides is 3. The lowest BCUT2D eigenvalue weighted by Crippen LogP contribution is -2.64. The molecule has 1 N–H and O–H groups in total. The Bertz CT molecular complexity index is 1150. The molecule has 0 bridgehead atoms. The summed E-state index contributed by atoms with van der Waals surface area (Å²) in [7, 11) is 1.94. The Kier molecular flexibility index (Phi) is 7.73. The van der Waals surface area contributed by atoms with Gasteiger partial charge in [0.15, 0.2) is 0 Å². The van der Waals surface area contributed by atoms with Gasteiger partial charge in [-0.1, -0.05) is 23.3 Å². The van der Waals surface area contributed by atoms with E-state index in [0.717, 1.165) is 17.5 Å². The van der Waals surface area contributed by atoms with E-state index < -0.39 is 12.1 Å². The second-order valence-electron chi connectivity index (χ2n) is 9.20. The lowest BCUT2D eigenvalue weighted by molar-refractivity contribution is -0.192. The van der Waals surface area contributed by atoms with E-state index in [1.165, 1.54) is 12.1 Å². The van der Waals surface area contributed by atoms with Crippen molar-refractivity contribution < 1.29 is 37.1 Å². The fourth-order valence-electron chi connectivity index (χ4n) is 4.59. The number of carboxylic acids is 1. The minimum absolute atomic E-state index is 0.0243. The molecule has 36 heavy (non-hydrogen) atoms. The van der Waals surface area contributed by atoms with Crippen LogP contribution in [0.5, 0.6) is 0 Å². The highest BCUT2D eigenvalue weighted by molar-refractivity contribution is 5.97. The van der Waals surface area contributed by atoms with Crippen molar-refractivity contribution in [2.45, 2.75) is 32.0 Å². The van der Waals surface area contributed by atoms with Crippen molar-refractivity contribution >= 4 is 23.5 Å². The molecule has 2 heterocycles. The van der Waals surface area contributed by atoms with E-state index >= 15 is 0 Å². The molecule has 2 saturated heterocycles. The van der Waals surface area contributed by atoms with Crippen molar-refractivity contribution in [3.05, 3.63) is 65.0 Å². The average Bonchev–Trinajstić information content (AvgIpc) is 3.20. The Morgan fingerprint density at radius 2 is 1.64 bits per heavy atom. The first kappa shape index (κ1) is 27.1. The van der Waals surface area contributed by atoms with E-state index in [9.17, 15) is 27.2 Å². The molecule has 4 rings (SSSR count). The first-order valence-corrected chi connectivity index (χ1v) is 11.2. The van der Waals surface area contributed by atoms with Gasteiger partial charge in [-0.15, -0.1) is 0 Å². The van der Waals surface area contributed by atoms with Crippen LogP contribution in [0.25, 0.3) is 0 Å². The highest BCUT2D eigenvalue weighted by Crippen LogP contribution is 2.34. The van der Waals surface area contributed by atoms with E-state index in [1.807, 2.05) is 37.9 Å². The van der Waals surface area contributed by atoms with Crippen molar-refractivity contribution in [2.75, 3.05) is 38.1 Å². The first-order chi connectivity index (χ1) is 16.7. The maximum absolute atomic E-state index is 13.7. The Balaban J connectivity index is 0.000000454. The van der Waals surface area contributed by atoms with Crippen LogP contribution in [0.1, 0.15) is 27.9 Å². The largest absolute Gasteiger partial charge is 0.490 e. The molecule has 2 aliphatic heterocycles. The van der Waals surface area contributed by atoms with Gasteiger partial charge < -0.3 is 14.9 Å². The molecule has 2 aliphatic rings. The zero-order valence-corrected chi connectivity index (χ0v) is 20.1. The Morgan fingerprint density at radius 3 is 2.19 bits per heavy atom. The van der Waals surface area contributed by atoms with Crippen LogP contribution >= 0.6 is 0 Å². The number of hydrogen-bond donors (Lipinski definition) is 1. The van der Waals surface area contributed by atoms with Crippen LogP contribution in [0.15, 0.2) is 42.5 Å². The summed E-state index contributed by atoms with van der Waals surface area (Å²) in [5, 5.41) is 7.12. The zero-order chi connectivity index (χ0) is 26.8. The zero-order valence-electron chi connectivity index (χ0n) is 20.1. The number of nitrogens with zero attached hydrogens (tertiary/aromatic N) is 3. The van der Waals surface area contributed by atoms with Gasteiger partial charge >= 0.3 is 12.1 Å². The number of piperazine rings is 1. The van der Waals surface area contributed by atoms with Crippen LogP contribution in [0, 0.1) is 19.7 Å². The Labute approximate surface area is 205 Å². The van der Waals surface area contributed by atoms with Crippen molar-refractivity contribution in [3.63, 3.8) is 0 Å². The summed E-state index contributed by atoms with van der Waals surface area (Å²) in [6.45, 7) is 5.87. The number of anilines is 1. The molecule has 2 aromatic carbocycles. The normalized spacial score (nSPS) is 20.4. The maximum atomic E-state index is 13.7. The molecule has 1 unspecified atom stereocenters. The summed E-state index contributed by atoms with van der Waals surface area (Å²) in [5.41, 5.74) is 3.09. The molecule has 2 aromatic rings. The third-order valence-corrected chi connectivity index (χ3v) is 6.39. The number of halogens is 4. The van der Waals surface area contributed by atoms with Gasteiger partial charge in [-0.25, -0.2) is 9.18 Å². The number of carbonyl (C=O) groups excluding carboxylic acids is 2. The third-order valence-electron chi connectivity index (χ3n) is 6.39. The van der Waals surface area contributed by atoms with Crippen molar-refractivity contribution in [1.29, 1.82) is 0 Å². The van der Waals surface area contributed by atoms with Gasteiger partial charge in [0.2, 0.25) is 5.91 Å². The second-order valence-corrected chi connectivity index (χ2v) is 9.20. The van der Waals surface area contributed by atoms with E-state index in [1.54, 1.807) is 17.0 Å². The van der Waals surface area contributed by atoms with Crippen molar-refractivity contribution in [3.8, 4) is 0 Å². The first-order valence-electron chi connectivity index (χ1n) is 11.2. The smallest absolute Gasteiger partial charge is 0.475 e. The number of amides is 2. The minimum atomic E-state index is -5.08. The fraction of sp³-hybridized carbons (Fsp3) is 0.400. The van der Waals surface area contributed by atoms with E-state index in [-0.39, 0.29) is 29.7 Å². The van der Waals surface area contributed by atoms with E-state index in [4.69, 9.17) is 9.90 Å². The molecule has 7 nitrogen and oxygen atoms in total. The molecule has 194 valence electrons. The summed E-state index contributed by atoms with van der Waals surface area (Å²) in [6.07, 6.45) is -4.31. The van der Waals surface area contributed by atoms with Crippen LogP contribution in [-0.2, 0) is 9.59 Å². The summed E-state index contributed by atoms with van der Waals surface area (Å²) >= 11 is 0. The standard InChI is InChI=1S/C23H26FN3O2.C2HF3O2/c1-16-9-17(2)11-18(10-16)22(29)26-8-7-23(14-26)15-27(21(28)13-25(23)3)20-6-4-5-19(24)12-20;3-2(4,5)1(6)7/h4-6,9-12H,7-8,13-15H2,1-3H3;(H,6,7). The molecule has 2 fully saturated rings. The number of rotatable bonds is 2. The number of likely N-dealkylation sites (N-methyl/N-ethyl adjacent to an activating group) is 1. The SMILES string of the molecule is Cc1cc(C)cc(C(=O)N2CCC3(C2)CN(c2cccc(F)c2)C(=O)CN3C)c1.O=C(O)C(F)(F)F. The van der Waals surface area contributed by atoms with Crippen LogP contribution in [0.3, 0.4) is 0 Å². The molecule has 0 saturated carbocycles. The minimum Gasteiger partial charge on any atom is -0.475 e. The molecule has 0 radical (unpaired) electrons. The van der Waals surface area contributed by atoms with Crippen molar-refractivity contribution in [1.82, 2.24) is 9.80 Å². The summed E-state index contributed by atoms with van der Waals surface area (Å²) in [4.78, 5) is 40.3. The lowest BCUT2D eigenvalue weighted by atomic mass is 9.92. The second kappa shape index (κ2) is 10.3. The monoisotopic (exact) mass is 509 g/mol. The Morgan fingerprint density at radius 1 is 1.03 bits per heavy atom. The van der Waals surface area contributed by atoms with Crippen LogP contribution in [-0.4, -0.2) is 77.6 Å².